The molecule has 148 valence electrons. The van der Waals surface area contributed by atoms with Crippen LogP contribution in [0.5, 0.6) is 5.75 Å². The zero-order chi connectivity index (χ0) is 20.8. The van der Waals surface area contributed by atoms with Crippen molar-refractivity contribution in [3.63, 3.8) is 0 Å². The molecule has 7 nitrogen and oxygen atoms in total. The second kappa shape index (κ2) is 6.73. The summed E-state index contributed by atoms with van der Waals surface area (Å²) in [6.45, 7) is 4.13. The molecule has 2 aromatic heterocycles. The molecule has 0 radical (unpaired) electrons. The lowest BCUT2D eigenvalue weighted by atomic mass is 10.1. The van der Waals surface area contributed by atoms with Gasteiger partial charge in [0.2, 0.25) is 0 Å². The number of aromatic nitrogens is 4. The van der Waals surface area contributed by atoms with Gasteiger partial charge in [-0.05, 0) is 73.5 Å². The summed E-state index contributed by atoms with van der Waals surface area (Å²) in [5.41, 5.74) is 6.80. The van der Waals surface area contributed by atoms with Crippen molar-refractivity contribution >= 4 is 33.5 Å². The van der Waals surface area contributed by atoms with Crippen LogP contribution in [0.1, 0.15) is 21.5 Å². The van der Waals surface area contributed by atoms with E-state index in [4.69, 9.17) is 4.98 Å². The molecule has 0 fully saturated rings. The molecule has 5 rings (SSSR count). The summed E-state index contributed by atoms with van der Waals surface area (Å²) in [7, 11) is 0. The van der Waals surface area contributed by atoms with E-state index in [2.05, 4.69) is 40.4 Å². The number of hydrogen-bond acceptors (Lipinski definition) is 4. The van der Waals surface area contributed by atoms with E-state index in [9.17, 15) is 9.90 Å². The second-order valence-corrected chi connectivity index (χ2v) is 7.32. The predicted molar refractivity (Wildman–Crippen MR) is 117 cm³/mol. The van der Waals surface area contributed by atoms with Gasteiger partial charge in [0.15, 0.2) is 5.82 Å². The van der Waals surface area contributed by atoms with Gasteiger partial charge < -0.3 is 15.4 Å². The third-order valence-corrected chi connectivity index (χ3v) is 5.35. The molecule has 5 aromatic rings. The Morgan fingerprint density at radius 3 is 2.60 bits per heavy atom. The summed E-state index contributed by atoms with van der Waals surface area (Å²) >= 11 is 0. The lowest BCUT2D eigenvalue weighted by Gasteiger charge is -2.05. The van der Waals surface area contributed by atoms with E-state index >= 15 is 0 Å². The van der Waals surface area contributed by atoms with Gasteiger partial charge >= 0.3 is 0 Å². The maximum absolute atomic E-state index is 12.6. The molecule has 0 aliphatic carbocycles. The van der Waals surface area contributed by atoms with Gasteiger partial charge in [0.25, 0.3) is 5.91 Å². The van der Waals surface area contributed by atoms with Gasteiger partial charge in [-0.3, -0.25) is 9.89 Å². The fourth-order valence-corrected chi connectivity index (χ4v) is 3.51. The molecule has 0 saturated carbocycles. The molecule has 0 unspecified atom stereocenters. The van der Waals surface area contributed by atoms with Crippen LogP contribution in [-0.4, -0.2) is 31.2 Å². The Bertz CT molecular complexity index is 1410. The SMILES string of the molecule is Cc1ccc2[nH]c(-c3n[nH]c4cc(C(=O)Nc5ccc(O)cc5)ccc34)nc2c1C. The first kappa shape index (κ1) is 17.9. The molecule has 0 bridgehead atoms. The minimum absolute atomic E-state index is 0.148. The van der Waals surface area contributed by atoms with E-state index in [0.29, 0.717) is 22.8 Å². The van der Waals surface area contributed by atoms with E-state index in [1.54, 1.807) is 24.3 Å². The summed E-state index contributed by atoms with van der Waals surface area (Å²) in [6, 6.07) is 15.8. The van der Waals surface area contributed by atoms with Crippen LogP contribution in [-0.2, 0) is 0 Å². The Morgan fingerprint density at radius 2 is 1.80 bits per heavy atom. The van der Waals surface area contributed by atoms with Crippen LogP contribution in [0.4, 0.5) is 5.69 Å². The number of amides is 1. The normalized spacial score (nSPS) is 11.3. The van der Waals surface area contributed by atoms with Crippen LogP contribution in [0.15, 0.2) is 54.6 Å². The molecule has 0 aliphatic rings. The summed E-state index contributed by atoms with van der Waals surface area (Å²) in [5, 5.41) is 20.5. The molecule has 0 spiro atoms. The maximum atomic E-state index is 12.6. The lowest BCUT2D eigenvalue weighted by Crippen LogP contribution is -2.11. The number of benzene rings is 3. The van der Waals surface area contributed by atoms with E-state index < -0.39 is 0 Å². The number of imidazole rings is 1. The highest BCUT2D eigenvalue weighted by molar-refractivity contribution is 6.07. The first-order valence-corrected chi connectivity index (χ1v) is 9.54. The second-order valence-electron chi connectivity index (χ2n) is 7.32. The van der Waals surface area contributed by atoms with Crippen LogP contribution in [0.25, 0.3) is 33.5 Å². The van der Waals surface area contributed by atoms with Gasteiger partial charge in [-0.15, -0.1) is 0 Å². The maximum Gasteiger partial charge on any atom is 0.255 e. The summed E-state index contributed by atoms with van der Waals surface area (Å²) in [6.07, 6.45) is 0. The number of aromatic amines is 2. The summed E-state index contributed by atoms with van der Waals surface area (Å²) < 4.78 is 0. The molecule has 4 N–H and O–H groups in total. The minimum Gasteiger partial charge on any atom is -0.508 e. The summed E-state index contributed by atoms with van der Waals surface area (Å²) in [4.78, 5) is 20.7. The smallest absolute Gasteiger partial charge is 0.255 e. The number of aryl methyl sites for hydroxylation is 2. The molecule has 7 heteroatoms. The number of anilines is 1. The highest BCUT2D eigenvalue weighted by Crippen LogP contribution is 2.28. The van der Waals surface area contributed by atoms with Crippen LogP contribution in [0.2, 0.25) is 0 Å². The third-order valence-electron chi connectivity index (χ3n) is 5.35. The molecule has 1 amide bonds. The monoisotopic (exact) mass is 397 g/mol. The van der Waals surface area contributed by atoms with Crippen LogP contribution in [0, 0.1) is 13.8 Å². The van der Waals surface area contributed by atoms with Crippen molar-refractivity contribution in [2.24, 2.45) is 0 Å². The van der Waals surface area contributed by atoms with Gasteiger partial charge in [0, 0.05) is 16.6 Å². The number of rotatable bonds is 3. The number of nitrogens with one attached hydrogen (secondary N) is 3. The molecule has 2 heterocycles. The zero-order valence-corrected chi connectivity index (χ0v) is 16.4. The number of carbonyl (C=O) groups excluding carboxylic acids is 1. The van der Waals surface area contributed by atoms with Gasteiger partial charge in [-0.25, -0.2) is 4.98 Å². The summed E-state index contributed by atoms with van der Waals surface area (Å²) in [5.74, 6) is 0.593. The number of aromatic hydroxyl groups is 1. The average Bonchev–Trinajstić information content (AvgIpc) is 3.36. The van der Waals surface area contributed by atoms with Crippen molar-refractivity contribution in [3.05, 3.63) is 71.3 Å². The van der Waals surface area contributed by atoms with Crippen molar-refractivity contribution in [1.82, 2.24) is 20.2 Å². The molecule has 0 saturated heterocycles. The number of nitrogens with zero attached hydrogens (tertiary/aromatic N) is 2. The molecular formula is C23H19N5O2. The topological polar surface area (TPSA) is 107 Å². The molecule has 3 aromatic carbocycles. The molecule has 30 heavy (non-hydrogen) atoms. The van der Waals surface area contributed by atoms with Gasteiger partial charge in [-0.1, -0.05) is 6.07 Å². The Hall–Kier alpha value is -4.13. The largest absolute Gasteiger partial charge is 0.508 e. The number of fused-ring (bicyclic) bond motifs is 2. The number of H-pyrrole nitrogens is 2. The average molecular weight is 397 g/mol. The molecule has 0 aliphatic heterocycles. The minimum atomic E-state index is -0.242. The first-order chi connectivity index (χ1) is 14.5. The standard InChI is InChI=1S/C23H19N5O2/c1-12-3-10-18-20(13(12)2)26-22(25-18)21-17-9-4-14(11-19(17)27-28-21)23(30)24-15-5-7-16(29)8-6-15/h3-11,29H,1-2H3,(H,24,30)(H,25,26)(H,27,28). The lowest BCUT2D eigenvalue weighted by molar-refractivity contribution is 0.102. The Kier molecular flexibility index (Phi) is 4.03. The van der Waals surface area contributed by atoms with Gasteiger partial charge in [0.1, 0.15) is 11.4 Å². The van der Waals surface area contributed by atoms with Crippen LogP contribution >= 0.6 is 0 Å². The fraction of sp³-hybridized carbons (Fsp3) is 0.0870. The number of carbonyl (C=O) groups is 1. The van der Waals surface area contributed by atoms with Crippen LogP contribution < -0.4 is 5.32 Å². The third kappa shape index (κ3) is 2.97. The Labute approximate surface area is 171 Å². The van der Waals surface area contributed by atoms with Gasteiger partial charge in [-0.2, -0.15) is 5.10 Å². The Morgan fingerprint density at radius 1 is 1.00 bits per heavy atom. The van der Waals surface area contributed by atoms with Crippen molar-refractivity contribution in [3.8, 4) is 17.3 Å². The van der Waals surface area contributed by atoms with Crippen molar-refractivity contribution in [2.75, 3.05) is 5.32 Å². The molecule has 0 atom stereocenters. The van der Waals surface area contributed by atoms with E-state index in [1.807, 2.05) is 12.1 Å². The first-order valence-electron chi connectivity index (χ1n) is 9.54. The number of phenolic OH excluding ortho intramolecular Hbond substituents is 1. The number of phenols is 1. The van der Waals surface area contributed by atoms with Gasteiger partial charge in [0.05, 0.1) is 16.6 Å². The Balaban J connectivity index is 1.49. The van der Waals surface area contributed by atoms with Crippen LogP contribution in [0.3, 0.4) is 0 Å². The van der Waals surface area contributed by atoms with E-state index in [-0.39, 0.29) is 11.7 Å². The van der Waals surface area contributed by atoms with Crippen molar-refractivity contribution in [2.45, 2.75) is 13.8 Å². The molecular weight excluding hydrogens is 378 g/mol. The quantitative estimate of drug-likeness (QED) is 0.332. The zero-order valence-electron chi connectivity index (χ0n) is 16.4. The highest BCUT2D eigenvalue weighted by atomic mass is 16.3. The van der Waals surface area contributed by atoms with E-state index in [0.717, 1.165) is 27.5 Å². The highest BCUT2D eigenvalue weighted by Gasteiger charge is 2.16. The fourth-order valence-electron chi connectivity index (χ4n) is 3.51. The van der Waals surface area contributed by atoms with E-state index in [1.165, 1.54) is 17.7 Å². The van der Waals surface area contributed by atoms with Crippen molar-refractivity contribution in [1.29, 1.82) is 0 Å². The predicted octanol–water partition coefficient (Wildman–Crippen LogP) is 4.68. The number of hydrogen-bond donors (Lipinski definition) is 4. The van der Waals surface area contributed by atoms with Crippen molar-refractivity contribution < 1.29 is 9.90 Å².